The van der Waals surface area contributed by atoms with Crippen molar-refractivity contribution in [2.75, 3.05) is 4.90 Å². The molecule has 144 valence electrons. The first-order valence-electron chi connectivity index (χ1n) is 8.70. The van der Waals surface area contributed by atoms with E-state index in [0.29, 0.717) is 23.5 Å². The van der Waals surface area contributed by atoms with E-state index in [1.54, 1.807) is 24.7 Å². The first-order chi connectivity index (χ1) is 13.4. The van der Waals surface area contributed by atoms with Gasteiger partial charge in [0.25, 0.3) is 0 Å². The minimum atomic E-state index is -4.47. The standard InChI is InChI=1S/C20H16F3N3OS/c21-20(22,23)14-7-8-18-16(12-14)26(15-4-1-2-5-17(15)28-18)19(27)6-3-10-25-11-9-24-13-25/h1-2,4-5,7-9,11-13H,3,6,10H2. The van der Waals surface area contributed by atoms with Gasteiger partial charge in [0, 0.05) is 35.2 Å². The normalized spacial score (nSPS) is 13.2. The van der Waals surface area contributed by atoms with Gasteiger partial charge in [0.05, 0.1) is 23.3 Å². The number of benzene rings is 2. The molecule has 4 nitrogen and oxygen atoms in total. The summed E-state index contributed by atoms with van der Waals surface area (Å²) in [7, 11) is 0. The Balaban J connectivity index is 1.65. The van der Waals surface area contributed by atoms with E-state index >= 15 is 0 Å². The van der Waals surface area contributed by atoms with Gasteiger partial charge in [-0.15, -0.1) is 0 Å². The smallest absolute Gasteiger partial charge is 0.337 e. The largest absolute Gasteiger partial charge is 0.416 e. The van der Waals surface area contributed by atoms with Crippen LogP contribution in [-0.2, 0) is 17.5 Å². The fourth-order valence-electron chi connectivity index (χ4n) is 3.14. The highest BCUT2D eigenvalue weighted by Gasteiger charge is 2.34. The number of imidazole rings is 1. The first-order valence-corrected chi connectivity index (χ1v) is 9.52. The minimum absolute atomic E-state index is 0.215. The number of aromatic nitrogens is 2. The summed E-state index contributed by atoms with van der Waals surface area (Å²) in [6, 6.07) is 10.8. The number of alkyl halides is 3. The molecule has 0 saturated carbocycles. The number of carbonyl (C=O) groups excluding carboxylic acids is 1. The molecule has 2 heterocycles. The van der Waals surface area contributed by atoms with Gasteiger partial charge >= 0.3 is 6.18 Å². The molecule has 4 rings (SSSR count). The molecule has 1 aliphatic heterocycles. The van der Waals surface area contributed by atoms with Gasteiger partial charge in [-0.2, -0.15) is 13.2 Å². The van der Waals surface area contributed by atoms with Crippen LogP contribution in [0.25, 0.3) is 0 Å². The zero-order chi connectivity index (χ0) is 19.7. The van der Waals surface area contributed by atoms with Crippen molar-refractivity contribution in [3.63, 3.8) is 0 Å². The third-order valence-corrected chi connectivity index (χ3v) is 5.60. The summed E-state index contributed by atoms with van der Waals surface area (Å²) in [5.41, 5.74) is 0.139. The van der Waals surface area contributed by atoms with Gasteiger partial charge in [0.15, 0.2) is 0 Å². The maximum Gasteiger partial charge on any atom is 0.416 e. The van der Waals surface area contributed by atoms with E-state index < -0.39 is 11.7 Å². The molecule has 1 aliphatic rings. The maximum absolute atomic E-state index is 13.2. The quantitative estimate of drug-likeness (QED) is 0.576. The van der Waals surface area contributed by atoms with Gasteiger partial charge in [0.2, 0.25) is 5.91 Å². The van der Waals surface area contributed by atoms with Crippen LogP contribution in [0.5, 0.6) is 0 Å². The van der Waals surface area contributed by atoms with Crippen LogP contribution in [0, 0.1) is 0 Å². The van der Waals surface area contributed by atoms with Gasteiger partial charge in [0.1, 0.15) is 0 Å². The van der Waals surface area contributed by atoms with Crippen LogP contribution in [0.4, 0.5) is 24.5 Å². The highest BCUT2D eigenvalue weighted by molar-refractivity contribution is 7.99. The number of para-hydroxylation sites is 1. The Kier molecular flexibility index (Phi) is 4.89. The lowest BCUT2D eigenvalue weighted by Gasteiger charge is -2.31. The molecule has 0 aliphatic carbocycles. The van der Waals surface area contributed by atoms with Gasteiger partial charge < -0.3 is 4.57 Å². The average molecular weight is 403 g/mol. The number of nitrogens with zero attached hydrogens (tertiary/aromatic N) is 3. The summed E-state index contributed by atoms with van der Waals surface area (Å²) < 4.78 is 41.5. The van der Waals surface area contributed by atoms with Crippen LogP contribution in [0.2, 0.25) is 0 Å². The molecule has 1 aromatic heterocycles. The summed E-state index contributed by atoms with van der Waals surface area (Å²) >= 11 is 1.37. The van der Waals surface area contributed by atoms with Crippen LogP contribution in [0.1, 0.15) is 18.4 Å². The van der Waals surface area contributed by atoms with Gasteiger partial charge in [-0.3, -0.25) is 9.69 Å². The summed E-state index contributed by atoms with van der Waals surface area (Å²) in [5, 5.41) is 0. The summed E-state index contributed by atoms with van der Waals surface area (Å²) in [6.07, 6.45) is 1.45. The fourth-order valence-corrected chi connectivity index (χ4v) is 4.18. The molecule has 8 heteroatoms. The SMILES string of the molecule is O=C(CCCn1ccnc1)N1c2ccccc2Sc2ccc(C(F)(F)F)cc21. The molecule has 2 aromatic carbocycles. The van der Waals surface area contributed by atoms with Crippen LogP contribution in [0.15, 0.2) is 71.0 Å². The fraction of sp³-hybridized carbons (Fsp3) is 0.200. The number of aryl methyl sites for hydroxylation is 1. The Bertz CT molecular complexity index is 1000. The molecule has 0 fully saturated rings. The molecule has 1 amide bonds. The van der Waals surface area contributed by atoms with Gasteiger partial charge in [-0.05, 0) is 36.8 Å². The lowest BCUT2D eigenvalue weighted by atomic mass is 10.1. The van der Waals surface area contributed by atoms with Crippen molar-refractivity contribution in [3.05, 3.63) is 66.7 Å². The minimum Gasteiger partial charge on any atom is -0.337 e. The predicted octanol–water partition coefficient (Wildman–Crippen LogP) is 5.51. The summed E-state index contributed by atoms with van der Waals surface area (Å²) in [6.45, 7) is 0.616. The number of fused-ring (bicyclic) bond motifs is 2. The van der Waals surface area contributed by atoms with E-state index in [1.807, 2.05) is 22.9 Å². The molecule has 0 radical (unpaired) electrons. The molecule has 0 saturated heterocycles. The molecule has 0 unspecified atom stereocenters. The number of amides is 1. The molecule has 0 spiro atoms. The number of carbonyl (C=O) groups is 1. The maximum atomic E-state index is 13.2. The van der Waals surface area contributed by atoms with E-state index in [4.69, 9.17) is 0 Å². The Labute approximate surface area is 164 Å². The Hall–Kier alpha value is -2.74. The van der Waals surface area contributed by atoms with Gasteiger partial charge in [-0.25, -0.2) is 4.98 Å². The van der Waals surface area contributed by atoms with E-state index in [0.717, 1.165) is 17.0 Å². The highest BCUT2D eigenvalue weighted by atomic mass is 32.2. The third kappa shape index (κ3) is 3.64. The van der Waals surface area contributed by atoms with Crippen molar-refractivity contribution < 1.29 is 18.0 Å². The Morgan fingerprint density at radius 1 is 1.07 bits per heavy atom. The molecule has 0 bridgehead atoms. The molecule has 3 aromatic rings. The van der Waals surface area contributed by atoms with Crippen LogP contribution < -0.4 is 4.90 Å². The average Bonchev–Trinajstić information content (AvgIpc) is 3.18. The highest BCUT2D eigenvalue weighted by Crippen LogP contribution is 2.49. The van der Waals surface area contributed by atoms with E-state index in [-0.39, 0.29) is 18.0 Å². The number of hydrogen-bond acceptors (Lipinski definition) is 3. The van der Waals surface area contributed by atoms with E-state index in [9.17, 15) is 18.0 Å². The predicted molar refractivity (Wildman–Crippen MR) is 101 cm³/mol. The van der Waals surface area contributed by atoms with Crippen LogP contribution in [-0.4, -0.2) is 15.5 Å². The number of hydrogen-bond donors (Lipinski definition) is 0. The Morgan fingerprint density at radius 3 is 2.61 bits per heavy atom. The molecule has 0 atom stereocenters. The second kappa shape index (κ2) is 7.35. The number of rotatable bonds is 4. The Morgan fingerprint density at radius 2 is 1.86 bits per heavy atom. The first kappa shape index (κ1) is 18.6. The lowest BCUT2D eigenvalue weighted by molar-refractivity contribution is -0.137. The number of anilines is 2. The van der Waals surface area contributed by atoms with Crippen molar-refractivity contribution in [2.24, 2.45) is 0 Å². The number of halogens is 3. The van der Waals surface area contributed by atoms with E-state index in [2.05, 4.69) is 4.98 Å². The molecular weight excluding hydrogens is 387 g/mol. The van der Waals surface area contributed by atoms with Crippen molar-refractivity contribution in [2.45, 2.75) is 35.4 Å². The zero-order valence-corrected chi connectivity index (χ0v) is 15.5. The molecular formula is C20H16F3N3OS. The van der Waals surface area contributed by atoms with Crippen molar-refractivity contribution >= 4 is 29.0 Å². The van der Waals surface area contributed by atoms with Crippen LogP contribution in [0.3, 0.4) is 0 Å². The summed E-state index contributed by atoms with van der Waals surface area (Å²) in [5.74, 6) is -0.228. The van der Waals surface area contributed by atoms with Crippen LogP contribution >= 0.6 is 11.8 Å². The topological polar surface area (TPSA) is 38.1 Å². The second-order valence-electron chi connectivity index (χ2n) is 6.38. The zero-order valence-electron chi connectivity index (χ0n) is 14.7. The van der Waals surface area contributed by atoms with E-state index in [1.165, 1.54) is 22.7 Å². The van der Waals surface area contributed by atoms with Gasteiger partial charge in [-0.1, -0.05) is 23.9 Å². The second-order valence-corrected chi connectivity index (χ2v) is 7.47. The third-order valence-electron chi connectivity index (χ3n) is 4.47. The summed E-state index contributed by atoms with van der Waals surface area (Å²) in [4.78, 5) is 19.9. The lowest BCUT2D eigenvalue weighted by Crippen LogP contribution is -2.28. The van der Waals surface area contributed by atoms with Crippen molar-refractivity contribution in [1.82, 2.24) is 9.55 Å². The van der Waals surface area contributed by atoms with Crippen molar-refractivity contribution in [3.8, 4) is 0 Å². The van der Waals surface area contributed by atoms with Crippen molar-refractivity contribution in [1.29, 1.82) is 0 Å². The molecule has 28 heavy (non-hydrogen) atoms. The molecule has 0 N–H and O–H groups in total. The monoisotopic (exact) mass is 403 g/mol.